The summed E-state index contributed by atoms with van der Waals surface area (Å²) in [4.78, 5) is 12.6. The molecule has 0 bridgehead atoms. The summed E-state index contributed by atoms with van der Waals surface area (Å²) in [6.07, 6.45) is 2.38. The Morgan fingerprint density at radius 2 is 1.73 bits per heavy atom. The van der Waals surface area contributed by atoms with Gasteiger partial charge in [0.25, 0.3) is 5.91 Å². The molecule has 3 rings (SSSR count). The number of hydrogen-bond donors (Lipinski definition) is 1. The maximum absolute atomic E-state index is 12.6. The average Bonchev–Trinajstić information content (AvgIpc) is 2.83. The lowest BCUT2D eigenvalue weighted by Gasteiger charge is -2.12. The molecule has 0 heterocycles. The van der Waals surface area contributed by atoms with E-state index in [1.165, 1.54) is 6.21 Å². The maximum atomic E-state index is 12.6. The molecule has 3 aromatic carbocycles. The van der Waals surface area contributed by atoms with E-state index < -0.39 is 0 Å². The summed E-state index contributed by atoms with van der Waals surface area (Å²) >= 11 is 6.14. The fourth-order valence-corrected chi connectivity index (χ4v) is 3.14. The van der Waals surface area contributed by atoms with Gasteiger partial charge in [0.15, 0.2) is 11.5 Å². The smallest absolute Gasteiger partial charge is 0.271 e. The molecule has 0 aliphatic carbocycles. The van der Waals surface area contributed by atoms with Crippen LogP contribution in [-0.2, 0) is 6.61 Å². The van der Waals surface area contributed by atoms with Gasteiger partial charge in [-0.05, 0) is 55.3 Å². The van der Waals surface area contributed by atoms with Gasteiger partial charge in [-0.2, -0.15) is 5.10 Å². The Bertz CT molecular complexity index is 1090. The molecule has 172 valence electrons. The third kappa shape index (κ3) is 7.26. The van der Waals surface area contributed by atoms with E-state index in [1.807, 2.05) is 44.2 Å². The first kappa shape index (κ1) is 24.1. The van der Waals surface area contributed by atoms with Gasteiger partial charge in [-0.15, -0.1) is 0 Å². The van der Waals surface area contributed by atoms with Gasteiger partial charge in [-0.1, -0.05) is 48.9 Å². The van der Waals surface area contributed by atoms with E-state index >= 15 is 0 Å². The minimum Gasteiger partial charge on any atom is -0.490 e. The third-order valence-corrected chi connectivity index (χ3v) is 4.78. The zero-order chi connectivity index (χ0) is 23.5. The molecule has 0 aliphatic rings. The van der Waals surface area contributed by atoms with Crippen LogP contribution < -0.4 is 19.6 Å². The Morgan fingerprint density at radius 1 is 0.939 bits per heavy atom. The summed E-state index contributed by atoms with van der Waals surface area (Å²) in [6, 6.07) is 20.1. The standard InChI is InChI=1S/C26H27ClN2O4/c1-3-14-32-24-12-10-20(16-25(24)31-4-2)26(30)29-28-17-21-15-22(27)11-13-23(21)33-18-19-8-6-5-7-9-19/h5-13,15-17H,3-4,14,18H2,1-2H3,(H,29,30)/b28-17+. The van der Waals surface area contributed by atoms with E-state index in [0.29, 0.717) is 53.2 Å². The SMILES string of the molecule is CCCOc1ccc(C(=O)N/N=C/c2cc(Cl)ccc2OCc2ccccc2)cc1OCC. The van der Waals surface area contributed by atoms with Gasteiger partial charge >= 0.3 is 0 Å². The van der Waals surface area contributed by atoms with Crippen molar-refractivity contribution in [3.05, 3.63) is 88.4 Å². The van der Waals surface area contributed by atoms with Crippen molar-refractivity contribution in [2.24, 2.45) is 5.10 Å². The number of amides is 1. The molecule has 6 nitrogen and oxygen atoms in total. The van der Waals surface area contributed by atoms with E-state index in [9.17, 15) is 4.79 Å². The van der Waals surface area contributed by atoms with Crippen LogP contribution >= 0.6 is 11.6 Å². The molecule has 33 heavy (non-hydrogen) atoms. The molecule has 0 fully saturated rings. The van der Waals surface area contributed by atoms with Crippen LogP contribution in [0.2, 0.25) is 5.02 Å². The van der Waals surface area contributed by atoms with Crippen LogP contribution in [0.3, 0.4) is 0 Å². The number of nitrogens with one attached hydrogen (secondary N) is 1. The van der Waals surface area contributed by atoms with Crippen molar-refractivity contribution in [3.8, 4) is 17.2 Å². The number of carbonyl (C=O) groups is 1. The van der Waals surface area contributed by atoms with Gasteiger partial charge in [0.2, 0.25) is 0 Å². The van der Waals surface area contributed by atoms with E-state index in [1.54, 1.807) is 36.4 Å². The molecular formula is C26H27ClN2O4. The van der Waals surface area contributed by atoms with Crippen molar-refractivity contribution >= 4 is 23.7 Å². The van der Waals surface area contributed by atoms with Crippen molar-refractivity contribution in [3.63, 3.8) is 0 Å². The second-order valence-corrected chi connectivity index (χ2v) is 7.53. The highest BCUT2D eigenvalue weighted by molar-refractivity contribution is 6.30. The Morgan fingerprint density at radius 3 is 2.48 bits per heavy atom. The normalized spacial score (nSPS) is 10.8. The van der Waals surface area contributed by atoms with Crippen molar-refractivity contribution in [2.75, 3.05) is 13.2 Å². The van der Waals surface area contributed by atoms with Crippen LogP contribution in [0.25, 0.3) is 0 Å². The Labute approximate surface area is 199 Å². The average molecular weight is 467 g/mol. The topological polar surface area (TPSA) is 69.2 Å². The number of carbonyl (C=O) groups excluding carboxylic acids is 1. The van der Waals surface area contributed by atoms with E-state index in [0.717, 1.165) is 12.0 Å². The predicted molar refractivity (Wildman–Crippen MR) is 131 cm³/mol. The summed E-state index contributed by atoms with van der Waals surface area (Å²) in [5.74, 6) is 1.37. The van der Waals surface area contributed by atoms with Gasteiger partial charge in [0, 0.05) is 16.1 Å². The van der Waals surface area contributed by atoms with Crippen molar-refractivity contribution in [2.45, 2.75) is 26.9 Å². The van der Waals surface area contributed by atoms with Crippen LogP contribution in [0.1, 0.15) is 41.8 Å². The Balaban J connectivity index is 1.68. The number of nitrogens with zero attached hydrogens (tertiary/aromatic N) is 1. The van der Waals surface area contributed by atoms with E-state index in [2.05, 4.69) is 10.5 Å². The summed E-state index contributed by atoms with van der Waals surface area (Å²) in [7, 11) is 0. The molecule has 0 atom stereocenters. The van der Waals surface area contributed by atoms with Gasteiger partial charge in [0.1, 0.15) is 12.4 Å². The maximum Gasteiger partial charge on any atom is 0.271 e. The Kier molecular flexibility index (Phi) is 9.15. The first-order valence-electron chi connectivity index (χ1n) is 10.8. The monoisotopic (exact) mass is 466 g/mol. The Hall–Kier alpha value is -3.51. The molecule has 0 saturated heterocycles. The lowest BCUT2D eigenvalue weighted by molar-refractivity contribution is 0.0954. The highest BCUT2D eigenvalue weighted by atomic mass is 35.5. The number of halogens is 1. The van der Waals surface area contributed by atoms with Gasteiger partial charge in [-0.25, -0.2) is 5.43 Å². The second-order valence-electron chi connectivity index (χ2n) is 7.10. The highest BCUT2D eigenvalue weighted by Crippen LogP contribution is 2.29. The van der Waals surface area contributed by atoms with Crippen molar-refractivity contribution < 1.29 is 19.0 Å². The van der Waals surface area contributed by atoms with Crippen molar-refractivity contribution in [1.82, 2.24) is 5.43 Å². The highest BCUT2D eigenvalue weighted by Gasteiger charge is 2.11. The van der Waals surface area contributed by atoms with Crippen molar-refractivity contribution in [1.29, 1.82) is 0 Å². The van der Waals surface area contributed by atoms with Gasteiger partial charge in [0.05, 0.1) is 19.4 Å². The molecule has 0 aromatic heterocycles. The van der Waals surface area contributed by atoms with Crippen LogP contribution in [0.15, 0.2) is 71.8 Å². The third-order valence-electron chi connectivity index (χ3n) is 4.55. The largest absolute Gasteiger partial charge is 0.490 e. The van der Waals surface area contributed by atoms with Gasteiger partial charge in [-0.3, -0.25) is 4.79 Å². The molecule has 0 aliphatic heterocycles. The molecule has 7 heteroatoms. The number of rotatable bonds is 11. The van der Waals surface area contributed by atoms with Crippen LogP contribution in [-0.4, -0.2) is 25.3 Å². The fourth-order valence-electron chi connectivity index (χ4n) is 2.96. The predicted octanol–water partition coefficient (Wildman–Crippen LogP) is 5.87. The molecule has 3 aromatic rings. The zero-order valence-corrected chi connectivity index (χ0v) is 19.5. The minimum atomic E-state index is -0.372. The molecule has 1 N–H and O–H groups in total. The second kappa shape index (κ2) is 12.5. The quantitative estimate of drug-likeness (QED) is 0.283. The summed E-state index contributed by atoms with van der Waals surface area (Å²) < 4.78 is 17.2. The number of ether oxygens (including phenoxy) is 3. The molecule has 0 spiro atoms. The lowest BCUT2D eigenvalue weighted by atomic mass is 10.2. The minimum absolute atomic E-state index is 0.372. The molecule has 0 radical (unpaired) electrons. The number of benzene rings is 3. The summed E-state index contributed by atoms with van der Waals surface area (Å²) in [5, 5.41) is 4.63. The van der Waals surface area contributed by atoms with Crippen LogP contribution in [0, 0.1) is 0 Å². The first-order valence-corrected chi connectivity index (χ1v) is 11.2. The molecule has 0 saturated carbocycles. The summed E-state index contributed by atoms with van der Waals surface area (Å²) in [6.45, 7) is 5.35. The fraction of sp³-hybridized carbons (Fsp3) is 0.231. The molecule has 1 amide bonds. The number of hydrogen-bond acceptors (Lipinski definition) is 5. The van der Waals surface area contributed by atoms with Crippen LogP contribution in [0.5, 0.6) is 17.2 Å². The molecular weight excluding hydrogens is 440 g/mol. The zero-order valence-electron chi connectivity index (χ0n) is 18.7. The summed E-state index contributed by atoms with van der Waals surface area (Å²) in [5.41, 5.74) is 4.64. The first-order chi connectivity index (χ1) is 16.1. The lowest BCUT2D eigenvalue weighted by Crippen LogP contribution is -2.18. The number of hydrazone groups is 1. The molecule has 0 unspecified atom stereocenters. The van der Waals surface area contributed by atoms with E-state index in [-0.39, 0.29) is 5.91 Å². The van der Waals surface area contributed by atoms with Gasteiger partial charge < -0.3 is 14.2 Å². The van der Waals surface area contributed by atoms with Crippen LogP contribution in [0.4, 0.5) is 0 Å². The van der Waals surface area contributed by atoms with E-state index in [4.69, 9.17) is 25.8 Å².